The molecule has 20 heavy (non-hydrogen) atoms. The summed E-state index contributed by atoms with van der Waals surface area (Å²) in [6.45, 7) is 4.26. The quantitative estimate of drug-likeness (QED) is 0.778. The Hall–Kier alpha value is -1.46. The number of carbonyl (C=O) groups excluding carboxylic acids is 2. The number of hydrogen-bond acceptors (Lipinski definition) is 3. The van der Waals surface area contributed by atoms with Gasteiger partial charge in [-0.1, -0.05) is 37.0 Å². The Morgan fingerprint density at radius 3 is 2.45 bits per heavy atom. The minimum atomic E-state index is -0.635. The average molecular weight is 319 g/mol. The number of hydrogen-bond donors (Lipinski definition) is 3. The molecule has 0 saturated carbocycles. The predicted molar refractivity (Wildman–Crippen MR) is 78.3 cm³/mol. The van der Waals surface area contributed by atoms with Gasteiger partial charge in [0, 0.05) is 11.6 Å². The van der Waals surface area contributed by atoms with Gasteiger partial charge in [-0.2, -0.15) is 0 Å². The molecule has 0 spiro atoms. The summed E-state index contributed by atoms with van der Waals surface area (Å²) in [7, 11) is 0. The Labute approximate surface area is 127 Å². The Kier molecular flexibility index (Phi) is 6.10. The van der Waals surface area contributed by atoms with Crippen LogP contribution < -0.4 is 10.6 Å². The van der Waals surface area contributed by atoms with Crippen molar-refractivity contribution in [1.29, 1.82) is 0 Å². The highest BCUT2D eigenvalue weighted by atomic mass is 35.5. The van der Waals surface area contributed by atoms with E-state index < -0.39 is 5.91 Å². The van der Waals surface area contributed by atoms with Crippen LogP contribution in [0.3, 0.4) is 0 Å². The van der Waals surface area contributed by atoms with Crippen LogP contribution in [0.2, 0.25) is 10.0 Å². The highest BCUT2D eigenvalue weighted by Gasteiger charge is 2.17. The lowest BCUT2D eigenvalue weighted by atomic mass is 10.2. The second kappa shape index (κ2) is 7.36. The van der Waals surface area contributed by atoms with Gasteiger partial charge in [0.2, 0.25) is 5.91 Å². The third-order valence-corrected chi connectivity index (χ3v) is 2.89. The van der Waals surface area contributed by atoms with E-state index in [0.717, 1.165) is 0 Å². The number of phenols is 1. The molecule has 1 aromatic rings. The van der Waals surface area contributed by atoms with Crippen LogP contribution in [-0.4, -0.2) is 30.0 Å². The maximum absolute atomic E-state index is 11.9. The fraction of sp³-hybridized carbons (Fsp3) is 0.385. The van der Waals surface area contributed by atoms with Gasteiger partial charge in [0.05, 0.1) is 17.1 Å². The Morgan fingerprint density at radius 2 is 1.90 bits per heavy atom. The zero-order valence-electron chi connectivity index (χ0n) is 11.2. The number of aromatic hydroxyl groups is 1. The molecule has 7 heteroatoms. The number of benzene rings is 1. The van der Waals surface area contributed by atoms with E-state index in [1.807, 2.05) is 13.8 Å². The van der Waals surface area contributed by atoms with Gasteiger partial charge in [-0.25, -0.2) is 0 Å². The summed E-state index contributed by atoms with van der Waals surface area (Å²) >= 11 is 11.5. The van der Waals surface area contributed by atoms with Crippen molar-refractivity contribution < 1.29 is 14.7 Å². The van der Waals surface area contributed by atoms with Gasteiger partial charge in [0.25, 0.3) is 5.91 Å². The van der Waals surface area contributed by atoms with Gasteiger partial charge >= 0.3 is 0 Å². The van der Waals surface area contributed by atoms with Crippen molar-refractivity contribution in [2.75, 3.05) is 13.1 Å². The molecule has 5 nitrogen and oxygen atoms in total. The molecule has 2 amide bonds. The predicted octanol–water partition coefficient (Wildman–Crippen LogP) is 2.20. The third kappa shape index (κ3) is 4.90. The van der Waals surface area contributed by atoms with Crippen molar-refractivity contribution in [1.82, 2.24) is 10.6 Å². The number of phenolic OH excluding ortho intramolecular Hbond substituents is 1. The summed E-state index contributed by atoms with van der Waals surface area (Å²) in [5, 5.41) is 14.9. The molecule has 0 aromatic heterocycles. The molecule has 0 atom stereocenters. The first-order chi connectivity index (χ1) is 9.31. The van der Waals surface area contributed by atoms with Crippen molar-refractivity contribution in [3.63, 3.8) is 0 Å². The molecule has 0 bridgehead atoms. The lowest BCUT2D eigenvalue weighted by Gasteiger charge is -2.10. The summed E-state index contributed by atoms with van der Waals surface area (Å²) in [5.74, 6) is -0.951. The number of nitrogens with one attached hydrogen (secondary N) is 2. The first-order valence-corrected chi connectivity index (χ1v) is 6.79. The molecule has 0 aliphatic carbocycles. The zero-order chi connectivity index (χ0) is 15.3. The van der Waals surface area contributed by atoms with Crippen LogP contribution in [0, 0.1) is 5.92 Å². The molecule has 1 aromatic carbocycles. The first kappa shape index (κ1) is 16.6. The summed E-state index contributed by atoms with van der Waals surface area (Å²) in [4.78, 5) is 23.3. The van der Waals surface area contributed by atoms with E-state index in [0.29, 0.717) is 12.5 Å². The molecule has 110 valence electrons. The fourth-order valence-electron chi connectivity index (χ4n) is 1.41. The maximum Gasteiger partial charge on any atom is 0.257 e. The Morgan fingerprint density at radius 1 is 1.25 bits per heavy atom. The van der Waals surface area contributed by atoms with Crippen LogP contribution in [0.25, 0.3) is 0 Å². The topological polar surface area (TPSA) is 78.4 Å². The van der Waals surface area contributed by atoms with E-state index >= 15 is 0 Å². The summed E-state index contributed by atoms with van der Waals surface area (Å²) in [6.07, 6.45) is 0. The van der Waals surface area contributed by atoms with E-state index in [1.165, 1.54) is 12.1 Å². The summed E-state index contributed by atoms with van der Waals surface area (Å²) in [5.41, 5.74) is -0.104. The monoisotopic (exact) mass is 318 g/mol. The average Bonchev–Trinajstić information content (AvgIpc) is 2.32. The van der Waals surface area contributed by atoms with Gasteiger partial charge in [0.15, 0.2) is 0 Å². The number of amides is 2. The summed E-state index contributed by atoms with van der Waals surface area (Å²) < 4.78 is 0. The van der Waals surface area contributed by atoms with E-state index in [4.69, 9.17) is 23.2 Å². The van der Waals surface area contributed by atoms with Crippen LogP contribution in [0.15, 0.2) is 12.1 Å². The maximum atomic E-state index is 11.9. The molecule has 0 radical (unpaired) electrons. The van der Waals surface area contributed by atoms with Crippen molar-refractivity contribution >= 4 is 35.0 Å². The van der Waals surface area contributed by atoms with Crippen LogP contribution in [0.4, 0.5) is 0 Å². The van der Waals surface area contributed by atoms with E-state index in [9.17, 15) is 14.7 Å². The number of carbonyl (C=O) groups is 2. The first-order valence-electron chi connectivity index (χ1n) is 6.04. The second-order valence-corrected chi connectivity index (χ2v) is 5.51. The number of halogens is 2. The highest BCUT2D eigenvalue weighted by Crippen LogP contribution is 2.29. The minimum Gasteiger partial charge on any atom is -0.507 e. The molecular weight excluding hydrogens is 303 g/mol. The van der Waals surface area contributed by atoms with E-state index in [2.05, 4.69) is 10.6 Å². The molecule has 3 N–H and O–H groups in total. The fourth-order valence-corrected chi connectivity index (χ4v) is 1.98. The van der Waals surface area contributed by atoms with Crippen molar-refractivity contribution in [2.24, 2.45) is 5.92 Å². The Bertz CT molecular complexity index is 495. The van der Waals surface area contributed by atoms with Gasteiger partial charge in [-0.05, 0) is 18.1 Å². The SMILES string of the molecule is CC(C)CNC(=O)CNC(=O)c1c(O)cc(Cl)cc1Cl. The van der Waals surface area contributed by atoms with Crippen LogP contribution in [0.5, 0.6) is 5.75 Å². The van der Waals surface area contributed by atoms with Crippen molar-refractivity contribution in [2.45, 2.75) is 13.8 Å². The van der Waals surface area contributed by atoms with Gasteiger partial charge in [-0.3, -0.25) is 9.59 Å². The zero-order valence-corrected chi connectivity index (χ0v) is 12.7. The van der Waals surface area contributed by atoms with Gasteiger partial charge < -0.3 is 15.7 Å². The molecule has 1 rings (SSSR count). The second-order valence-electron chi connectivity index (χ2n) is 4.66. The van der Waals surface area contributed by atoms with E-state index in [1.54, 1.807) is 0 Å². The molecule has 0 saturated heterocycles. The van der Waals surface area contributed by atoms with E-state index in [-0.39, 0.29) is 33.8 Å². The molecule has 0 heterocycles. The van der Waals surface area contributed by atoms with Crippen LogP contribution in [0.1, 0.15) is 24.2 Å². The van der Waals surface area contributed by atoms with Crippen LogP contribution >= 0.6 is 23.2 Å². The summed E-state index contributed by atoms with van der Waals surface area (Å²) in [6, 6.07) is 2.55. The highest BCUT2D eigenvalue weighted by molar-refractivity contribution is 6.37. The molecular formula is C13H16Cl2N2O3. The molecule has 0 fully saturated rings. The minimum absolute atomic E-state index is 0.0232. The largest absolute Gasteiger partial charge is 0.507 e. The molecule has 0 aliphatic heterocycles. The smallest absolute Gasteiger partial charge is 0.257 e. The van der Waals surface area contributed by atoms with Crippen molar-refractivity contribution in [3.05, 3.63) is 27.7 Å². The van der Waals surface area contributed by atoms with Crippen molar-refractivity contribution in [3.8, 4) is 5.75 Å². The Balaban J connectivity index is 2.62. The molecule has 0 unspecified atom stereocenters. The number of rotatable bonds is 5. The van der Waals surface area contributed by atoms with Gasteiger partial charge in [-0.15, -0.1) is 0 Å². The normalized spacial score (nSPS) is 10.4. The third-order valence-electron chi connectivity index (χ3n) is 2.38. The van der Waals surface area contributed by atoms with Crippen LogP contribution in [-0.2, 0) is 4.79 Å². The van der Waals surface area contributed by atoms with Gasteiger partial charge in [0.1, 0.15) is 5.75 Å². The standard InChI is InChI=1S/C13H16Cl2N2O3/c1-7(2)5-16-11(19)6-17-13(20)12-9(15)3-8(14)4-10(12)18/h3-4,7,18H,5-6H2,1-2H3,(H,16,19)(H,17,20). The molecule has 0 aliphatic rings. The lowest BCUT2D eigenvalue weighted by Crippen LogP contribution is -2.38. The lowest BCUT2D eigenvalue weighted by molar-refractivity contribution is -0.120.